The summed E-state index contributed by atoms with van der Waals surface area (Å²) in [6.07, 6.45) is 1.02. The zero-order valence-corrected chi connectivity index (χ0v) is 11.7. The van der Waals surface area contributed by atoms with Gasteiger partial charge in [0.05, 0.1) is 5.69 Å². The van der Waals surface area contributed by atoms with Gasteiger partial charge in [-0.3, -0.25) is 0 Å². The maximum absolute atomic E-state index is 13.9. The highest BCUT2D eigenvalue weighted by Crippen LogP contribution is 2.28. The first-order chi connectivity index (χ1) is 7.61. The van der Waals surface area contributed by atoms with Crippen molar-refractivity contribution in [2.45, 2.75) is 38.6 Å². The number of nitrogens with zero attached hydrogens (tertiary/aromatic N) is 1. The van der Waals surface area contributed by atoms with Gasteiger partial charge in [0.1, 0.15) is 5.82 Å². The van der Waals surface area contributed by atoms with Crippen LogP contribution in [0.15, 0.2) is 18.2 Å². The molecule has 1 nitrogen and oxygen atoms in total. The average Bonchev–Trinajstić information content (AvgIpc) is 2.26. The van der Waals surface area contributed by atoms with Crippen molar-refractivity contribution >= 4 is 21.6 Å². The first-order valence-corrected chi connectivity index (χ1v) is 6.84. The summed E-state index contributed by atoms with van der Waals surface area (Å²) in [6, 6.07) is 5.58. The van der Waals surface area contributed by atoms with E-state index in [1.807, 2.05) is 6.07 Å². The average molecular weight is 288 g/mol. The Bertz CT molecular complexity index is 339. The van der Waals surface area contributed by atoms with Gasteiger partial charge in [0.15, 0.2) is 0 Å². The van der Waals surface area contributed by atoms with Gasteiger partial charge in [-0.2, -0.15) is 0 Å². The van der Waals surface area contributed by atoms with Crippen molar-refractivity contribution < 1.29 is 4.39 Å². The maximum atomic E-state index is 13.9. The monoisotopic (exact) mass is 287 g/mol. The van der Waals surface area contributed by atoms with Gasteiger partial charge in [-0.1, -0.05) is 35.0 Å². The van der Waals surface area contributed by atoms with Gasteiger partial charge >= 0.3 is 0 Å². The fraction of sp³-hybridized carbons (Fsp3) is 0.538. The molecule has 0 fully saturated rings. The van der Waals surface area contributed by atoms with Gasteiger partial charge < -0.3 is 4.90 Å². The Hall–Kier alpha value is -0.570. The molecule has 0 bridgehead atoms. The second-order valence-corrected chi connectivity index (χ2v) is 4.73. The number of hydrogen-bond acceptors (Lipinski definition) is 1. The minimum atomic E-state index is -0.126. The van der Waals surface area contributed by atoms with Crippen molar-refractivity contribution in [3.63, 3.8) is 0 Å². The van der Waals surface area contributed by atoms with E-state index < -0.39 is 0 Å². The Balaban J connectivity index is 3.16. The molecular formula is C13H19BrFN. The highest BCUT2D eigenvalue weighted by Gasteiger charge is 2.17. The molecule has 0 spiro atoms. The van der Waals surface area contributed by atoms with Crippen LogP contribution in [0.2, 0.25) is 0 Å². The molecule has 3 heteroatoms. The summed E-state index contributed by atoms with van der Waals surface area (Å²) < 4.78 is 13.9. The maximum Gasteiger partial charge on any atom is 0.146 e. The molecule has 0 radical (unpaired) electrons. The van der Waals surface area contributed by atoms with Crippen LogP contribution in [0.4, 0.5) is 10.1 Å². The number of benzene rings is 1. The van der Waals surface area contributed by atoms with Gasteiger partial charge in [0.2, 0.25) is 0 Å². The molecule has 0 aliphatic carbocycles. The zero-order chi connectivity index (χ0) is 12.1. The van der Waals surface area contributed by atoms with E-state index in [0.717, 1.165) is 24.2 Å². The van der Waals surface area contributed by atoms with E-state index in [4.69, 9.17) is 0 Å². The van der Waals surface area contributed by atoms with E-state index >= 15 is 0 Å². The summed E-state index contributed by atoms with van der Waals surface area (Å²) in [7, 11) is 0. The zero-order valence-electron chi connectivity index (χ0n) is 10.1. The summed E-state index contributed by atoms with van der Waals surface area (Å²) >= 11 is 3.42. The minimum Gasteiger partial charge on any atom is -0.367 e. The molecule has 0 aliphatic rings. The number of alkyl halides is 1. The van der Waals surface area contributed by atoms with Crippen molar-refractivity contribution in [3.05, 3.63) is 29.6 Å². The molecule has 0 saturated heterocycles. The fourth-order valence-electron chi connectivity index (χ4n) is 1.86. The van der Waals surface area contributed by atoms with E-state index in [0.29, 0.717) is 11.4 Å². The first kappa shape index (κ1) is 13.5. The van der Waals surface area contributed by atoms with Gasteiger partial charge in [0.25, 0.3) is 0 Å². The van der Waals surface area contributed by atoms with Crippen LogP contribution in [-0.2, 0) is 5.33 Å². The van der Waals surface area contributed by atoms with Crippen LogP contribution in [0.5, 0.6) is 0 Å². The molecule has 1 aromatic rings. The van der Waals surface area contributed by atoms with Crippen LogP contribution >= 0.6 is 15.9 Å². The van der Waals surface area contributed by atoms with Crippen molar-refractivity contribution in [3.8, 4) is 0 Å². The van der Waals surface area contributed by atoms with Crippen molar-refractivity contribution in [2.75, 3.05) is 11.4 Å². The highest BCUT2D eigenvalue weighted by molar-refractivity contribution is 9.08. The minimum absolute atomic E-state index is 0.126. The van der Waals surface area contributed by atoms with Crippen molar-refractivity contribution in [1.82, 2.24) is 0 Å². The molecule has 0 N–H and O–H groups in total. The molecule has 0 aliphatic heterocycles. The second kappa shape index (κ2) is 6.24. The molecule has 90 valence electrons. The number of para-hydroxylation sites is 1. The number of rotatable bonds is 5. The summed E-state index contributed by atoms with van der Waals surface area (Å²) in [5.41, 5.74) is 1.76. The second-order valence-electron chi connectivity index (χ2n) is 4.17. The molecule has 1 aromatic carbocycles. The van der Waals surface area contributed by atoms with Crippen LogP contribution in [0.25, 0.3) is 0 Å². The van der Waals surface area contributed by atoms with Crippen LogP contribution in [-0.4, -0.2) is 12.6 Å². The summed E-state index contributed by atoms with van der Waals surface area (Å²) in [5.74, 6) is -0.126. The first-order valence-electron chi connectivity index (χ1n) is 5.71. The Labute approximate surface area is 106 Å². The van der Waals surface area contributed by atoms with Gasteiger partial charge in [-0.15, -0.1) is 0 Å². The fourth-order valence-corrected chi connectivity index (χ4v) is 2.31. The molecule has 16 heavy (non-hydrogen) atoms. The molecular weight excluding hydrogens is 269 g/mol. The van der Waals surface area contributed by atoms with E-state index in [1.165, 1.54) is 6.07 Å². The summed E-state index contributed by atoms with van der Waals surface area (Å²) in [5, 5.41) is 0.688. The number of hydrogen-bond donors (Lipinski definition) is 0. The standard InChI is InChI=1S/C13H19BrFN/c1-4-8-16(10(2)3)13-11(9-14)6-5-7-12(13)15/h5-7,10H,4,8-9H2,1-3H3. The predicted octanol–water partition coefficient (Wildman–Crippen LogP) is 4.35. The lowest BCUT2D eigenvalue weighted by molar-refractivity contribution is 0.595. The molecule has 0 unspecified atom stereocenters. The third-order valence-corrected chi connectivity index (χ3v) is 3.19. The number of anilines is 1. The SMILES string of the molecule is CCCN(c1c(F)cccc1CBr)C(C)C. The molecule has 0 saturated carbocycles. The summed E-state index contributed by atoms with van der Waals surface area (Å²) in [6.45, 7) is 7.20. The van der Waals surface area contributed by atoms with E-state index in [2.05, 4.69) is 41.6 Å². The largest absolute Gasteiger partial charge is 0.367 e. The smallest absolute Gasteiger partial charge is 0.146 e. The van der Waals surface area contributed by atoms with E-state index in [9.17, 15) is 4.39 Å². The Morgan fingerprint density at radius 1 is 1.38 bits per heavy atom. The molecule has 0 atom stereocenters. The third kappa shape index (κ3) is 2.97. The predicted molar refractivity (Wildman–Crippen MR) is 71.8 cm³/mol. The molecule has 1 rings (SSSR count). The third-order valence-electron chi connectivity index (χ3n) is 2.59. The van der Waals surface area contributed by atoms with Crippen LogP contribution < -0.4 is 4.90 Å². The topological polar surface area (TPSA) is 3.24 Å². The summed E-state index contributed by atoms with van der Waals surface area (Å²) in [4.78, 5) is 2.13. The Morgan fingerprint density at radius 3 is 2.56 bits per heavy atom. The lowest BCUT2D eigenvalue weighted by Gasteiger charge is -2.30. The van der Waals surface area contributed by atoms with Crippen LogP contribution in [0.3, 0.4) is 0 Å². The normalized spacial score (nSPS) is 10.9. The quantitative estimate of drug-likeness (QED) is 0.728. The highest BCUT2D eigenvalue weighted by atomic mass is 79.9. The van der Waals surface area contributed by atoms with Crippen LogP contribution in [0.1, 0.15) is 32.8 Å². The lowest BCUT2D eigenvalue weighted by Crippen LogP contribution is -2.33. The Morgan fingerprint density at radius 2 is 2.06 bits per heavy atom. The van der Waals surface area contributed by atoms with E-state index in [-0.39, 0.29) is 5.82 Å². The van der Waals surface area contributed by atoms with Gasteiger partial charge in [-0.25, -0.2) is 4.39 Å². The van der Waals surface area contributed by atoms with E-state index in [1.54, 1.807) is 6.07 Å². The van der Waals surface area contributed by atoms with Crippen molar-refractivity contribution in [1.29, 1.82) is 0 Å². The van der Waals surface area contributed by atoms with Gasteiger partial charge in [-0.05, 0) is 31.9 Å². The lowest BCUT2D eigenvalue weighted by atomic mass is 10.1. The van der Waals surface area contributed by atoms with Crippen molar-refractivity contribution in [2.24, 2.45) is 0 Å². The number of halogens is 2. The molecule has 0 heterocycles. The van der Waals surface area contributed by atoms with Gasteiger partial charge in [0, 0.05) is 17.9 Å². The van der Waals surface area contributed by atoms with Crippen LogP contribution in [0, 0.1) is 5.82 Å². The molecule has 0 amide bonds. The molecule has 0 aromatic heterocycles. The Kier molecular flexibility index (Phi) is 5.26.